The molecule has 0 aliphatic heterocycles. The van der Waals surface area contributed by atoms with Crippen molar-refractivity contribution >= 4 is 13.3 Å². The average Bonchev–Trinajstić information content (AvgIpc) is 2.20. The second-order valence-corrected chi connectivity index (χ2v) is 5.12. The largest absolute Gasteiger partial charge is 0.387 e. The van der Waals surface area contributed by atoms with Gasteiger partial charge in [0.15, 0.2) is 0 Å². The van der Waals surface area contributed by atoms with Crippen molar-refractivity contribution in [1.82, 2.24) is 0 Å². The highest BCUT2D eigenvalue weighted by atomic mass is 16.3. The maximum Gasteiger partial charge on any atom is 0.113 e. The van der Waals surface area contributed by atoms with Crippen LogP contribution in [0.1, 0.15) is 40.2 Å². The highest BCUT2D eigenvalue weighted by Gasteiger charge is 2.31. The number of benzene rings is 1. The highest BCUT2D eigenvalue weighted by Crippen LogP contribution is 2.19. The zero-order valence-electron chi connectivity index (χ0n) is 11.8. The van der Waals surface area contributed by atoms with Gasteiger partial charge in [0.25, 0.3) is 0 Å². The monoisotopic (exact) mass is 244 g/mol. The fourth-order valence-corrected chi connectivity index (χ4v) is 0.711. The topological polar surface area (TPSA) is 40.5 Å². The van der Waals surface area contributed by atoms with Gasteiger partial charge in [0, 0.05) is 5.56 Å². The summed E-state index contributed by atoms with van der Waals surface area (Å²) in [4.78, 5) is 0. The predicted octanol–water partition coefficient (Wildman–Crippen LogP) is 1.38. The third-order valence-corrected chi connectivity index (χ3v) is 2.68. The summed E-state index contributed by atoms with van der Waals surface area (Å²) in [6.07, 6.45) is 0. The minimum absolute atomic E-state index is 0.779. The first kappa shape index (κ1) is 16.8. The van der Waals surface area contributed by atoms with E-state index < -0.39 is 11.2 Å². The van der Waals surface area contributed by atoms with Crippen LogP contribution in [0.5, 0.6) is 0 Å². The minimum atomic E-state index is -1.01. The summed E-state index contributed by atoms with van der Waals surface area (Å²) < 4.78 is 0. The molecular formula is C15H21BO2. The zero-order chi connectivity index (χ0) is 14.4. The van der Waals surface area contributed by atoms with E-state index >= 15 is 0 Å². The van der Waals surface area contributed by atoms with E-state index in [0.29, 0.717) is 0 Å². The summed E-state index contributed by atoms with van der Waals surface area (Å²) in [6.45, 7) is 8.12. The van der Waals surface area contributed by atoms with Gasteiger partial charge >= 0.3 is 0 Å². The van der Waals surface area contributed by atoms with Gasteiger partial charge in [0.05, 0.1) is 11.2 Å². The molecule has 0 spiro atoms. The first-order valence-corrected chi connectivity index (χ1v) is 5.81. The molecule has 0 bridgehead atoms. The van der Waals surface area contributed by atoms with Crippen molar-refractivity contribution in [1.29, 1.82) is 0 Å². The average molecular weight is 244 g/mol. The Bertz CT molecular complexity index is 399. The maximum atomic E-state index is 9.10. The molecule has 0 atom stereocenters. The van der Waals surface area contributed by atoms with Crippen LogP contribution in [0.4, 0.5) is 0 Å². The molecule has 2 nitrogen and oxygen atoms in total. The van der Waals surface area contributed by atoms with E-state index in [0.717, 1.165) is 11.0 Å². The third-order valence-electron chi connectivity index (χ3n) is 2.68. The summed E-state index contributed by atoms with van der Waals surface area (Å²) in [5.41, 5.74) is -0.224. The van der Waals surface area contributed by atoms with Crippen LogP contribution in [0.3, 0.4) is 0 Å². The molecule has 1 aromatic rings. The second kappa shape index (κ2) is 6.63. The highest BCUT2D eigenvalue weighted by molar-refractivity contribution is 6.32. The lowest BCUT2D eigenvalue weighted by Crippen LogP contribution is -2.44. The predicted molar refractivity (Wildman–Crippen MR) is 77.0 cm³/mol. The number of hydrogen-bond acceptors (Lipinski definition) is 2. The van der Waals surface area contributed by atoms with Crippen molar-refractivity contribution in [2.75, 3.05) is 0 Å². The second-order valence-electron chi connectivity index (χ2n) is 5.12. The smallest absolute Gasteiger partial charge is 0.113 e. The Morgan fingerprint density at radius 2 is 1.33 bits per heavy atom. The van der Waals surface area contributed by atoms with E-state index in [2.05, 4.69) is 11.8 Å². The molecule has 0 saturated heterocycles. The Balaban J connectivity index is 0.000000331. The molecule has 0 aliphatic carbocycles. The molecule has 0 fully saturated rings. The van der Waals surface area contributed by atoms with Crippen molar-refractivity contribution in [2.45, 2.75) is 45.8 Å². The van der Waals surface area contributed by atoms with Gasteiger partial charge in [-0.25, -0.2) is 0 Å². The zero-order valence-corrected chi connectivity index (χ0v) is 11.8. The van der Waals surface area contributed by atoms with Crippen molar-refractivity contribution in [2.24, 2.45) is 0 Å². The van der Waals surface area contributed by atoms with Crippen LogP contribution < -0.4 is 5.46 Å². The van der Waals surface area contributed by atoms with E-state index in [1.807, 2.05) is 31.2 Å². The Morgan fingerprint density at radius 3 is 1.61 bits per heavy atom. The van der Waals surface area contributed by atoms with Gasteiger partial charge in [-0.1, -0.05) is 23.5 Å². The molecule has 3 heteroatoms. The third kappa shape index (κ3) is 6.49. The number of aliphatic hydroxyl groups is 2. The fraction of sp³-hybridized carbons (Fsp3) is 0.467. The molecule has 2 N–H and O–H groups in total. The lowest BCUT2D eigenvalue weighted by Gasteiger charge is -2.31. The van der Waals surface area contributed by atoms with Crippen LogP contribution in [0, 0.1) is 11.8 Å². The number of hydrogen-bond donors (Lipinski definition) is 2. The molecule has 0 saturated carbocycles. The lowest BCUT2D eigenvalue weighted by molar-refractivity contribution is -0.107. The summed E-state index contributed by atoms with van der Waals surface area (Å²) in [5, 5.41) is 18.2. The van der Waals surface area contributed by atoms with Crippen molar-refractivity contribution in [3.8, 4) is 11.8 Å². The Morgan fingerprint density at radius 1 is 0.944 bits per heavy atom. The van der Waals surface area contributed by atoms with Gasteiger partial charge < -0.3 is 10.2 Å². The summed E-state index contributed by atoms with van der Waals surface area (Å²) in [5.74, 6) is 5.74. The van der Waals surface area contributed by atoms with Crippen LogP contribution in [0.2, 0.25) is 0 Å². The summed E-state index contributed by atoms with van der Waals surface area (Å²) in [6, 6.07) is 7.51. The van der Waals surface area contributed by atoms with Crippen LogP contribution in [-0.4, -0.2) is 29.3 Å². The molecule has 1 rings (SSSR count). The first-order chi connectivity index (χ1) is 8.08. The summed E-state index contributed by atoms with van der Waals surface area (Å²) in [7, 11) is 5.47. The van der Waals surface area contributed by atoms with Crippen LogP contribution >= 0.6 is 0 Å². The van der Waals surface area contributed by atoms with E-state index in [-0.39, 0.29) is 0 Å². The minimum Gasteiger partial charge on any atom is -0.387 e. The van der Waals surface area contributed by atoms with Crippen LogP contribution in [0.25, 0.3) is 0 Å². The molecule has 96 valence electrons. The maximum absolute atomic E-state index is 9.10. The summed E-state index contributed by atoms with van der Waals surface area (Å²) >= 11 is 0. The van der Waals surface area contributed by atoms with E-state index in [4.69, 9.17) is 18.1 Å². The van der Waals surface area contributed by atoms with Crippen molar-refractivity contribution < 1.29 is 10.2 Å². The normalized spacial score (nSPS) is 10.8. The molecule has 0 heterocycles. The van der Waals surface area contributed by atoms with E-state index in [9.17, 15) is 0 Å². The molecule has 2 radical (unpaired) electrons. The van der Waals surface area contributed by atoms with Gasteiger partial charge in [0.2, 0.25) is 0 Å². The lowest BCUT2D eigenvalue weighted by atomic mass is 9.90. The van der Waals surface area contributed by atoms with Crippen molar-refractivity contribution in [3.05, 3.63) is 29.8 Å². The molecule has 0 amide bonds. The molecule has 0 unspecified atom stereocenters. The first-order valence-electron chi connectivity index (χ1n) is 5.81. The Hall–Kier alpha value is -1.24. The molecular weight excluding hydrogens is 223 g/mol. The standard InChI is InChI=1S/C9H7B.C6H14O2/c1-2-3-8-4-6-9(10)7-5-8;1-5(2,7)6(3,4)8/h4-7H,1H3;7-8H,1-4H3. The Kier molecular flexibility index (Phi) is 6.18. The molecule has 0 aromatic heterocycles. The quantitative estimate of drug-likeness (QED) is 0.578. The number of rotatable bonds is 1. The molecule has 18 heavy (non-hydrogen) atoms. The van der Waals surface area contributed by atoms with Gasteiger partial charge in [-0.3, -0.25) is 0 Å². The van der Waals surface area contributed by atoms with Gasteiger partial charge in [0.1, 0.15) is 7.85 Å². The van der Waals surface area contributed by atoms with Gasteiger partial charge in [-0.05, 0) is 46.8 Å². The van der Waals surface area contributed by atoms with Crippen LogP contribution in [0.15, 0.2) is 24.3 Å². The fourth-order valence-electron chi connectivity index (χ4n) is 0.711. The van der Waals surface area contributed by atoms with Gasteiger partial charge in [-0.15, -0.1) is 5.92 Å². The van der Waals surface area contributed by atoms with Gasteiger partial charge in [-0.2, -0.15) is 0 Å². The van der Waals surface area contributed by atoms with Crippen molar-refractivity contribution in [3.63, 3.8) is 0 Å². The molecule has 1 aromatic carbocycles. The van der Waals surface area contributed by atoms with E-state index in [1.54, 1.807) is 27.7 Å². The Labute approximate surface area is 111 Å². The van der Waals surface area contributed by atoms with Crippen LogP contribution in [-0.2, 0) is 0 Å². The van der Waals surface area contributed by atoms with E-state index in [1.165, 1.54) is 0 Å². The SMILES string of the molecule is CC(C)(O)C(C)(C)O.[B]c1ccc(C#CC)cc1. The molecule has 0 aliphatic rings.